The van der Waals surface area contributed by atoms with Crippen molar-refractivity contribution in [2.75, 3.05) is 0 Å². The normalized spacial score (nSPS) is 11.7. The van der Waals surface area contributed by atoms with Gasteiger partial charge in [-0.3, -0.25) is 0 Å². The molecule has 0 unspecified atom stereocenters. The Kier molecular flexibility index (Phi) is 4.32. The molecular formula is C13H6Cl2F3I. The molecule has 0 fully saturated rings. The van der Waals surface area contributed by atoms with E-state index < -0.39 is 11.7 Å². The number of hydrogen-bond acceptors (Lipinski definition) is 0. The lowest BCUT2D eigenvalue weighted by Crippen LogP contribution is -2.05. The summed E-state index contributed by atoms with van der Waals surface area (Å²) in [5.74, 6) is 0. The van der Waals surface area contributed by atoms with Gasteiger partial charge in [-0.25, -0.2) is 0 Å². The fourth-order valence-corrected chi connectivity index (χ4v) is 2.72. The molecule has 0 aliphatic rings. The van der Waals surface area contributed by atoms with E-state index >= 15 is 0 Å². The summed E-state index contributed by atoms with van der Waals surface area (Å²) in [6.45, 7) is 0. The van der Waals surface area contributed by atoms with E-state index in [1.807, 2.05) is 22.6 Å². The van der Waals surface area contributed by atoms with Crippen LogP contribution in [-0.4, -0.2) is 0 Å². The Labute approximate surface area is 131 Å². The van der Waals surface area contributed by atoms with Crippen molar-refractivity contribution in [1.29, 1.82) is 0 Å². The van der Waals surface area contributed by atoms with Crippen molar-refractivity contribution >= 4 is 45.8 Å². The average molecular weight is 417 g/mol. The van der Waals surface area contributed by atoms with E-state index in [1.165, 1.54) is 0 Å². The van der Waals surface area contributed by atoms with Gasteiger partial charge >= 0.3 is 6.18 Å². The van der Waals surface area contributed by atoms with Crippen LogP contribution in [-0.2, 0) is 6.18 Å². The van der Waals surface area contributed by atoms with Crippen LogP contribution in [0.3, 0.4) is 0 Å². The molecule has 0 saturated carbocycles. The summed E-state index contributed by atoms with van der Waals surface area (Å²) >= 11 is 13.8. The molecule has 6 heteroatoms. The minimum Gasteiger partial charge on any atom is -0.166 e. The highest BCUT2D eigenvalue weighted by atomic mass is 127. The first-order valence-electron chi connectivity index (χ1n) is 5.11. The van der Waals surface area contributed by atoms with E-state index in [0.717, 1.165) is 12.1 Å². The molecule has 0 nitrogen and oxygen atoms in total. The molecule has 0 spiro atoms. The zero-order valence-electron chi connectivity index (χ0n) is 9.23. The Morgan fingerprint density at radius 3 is 2.32 bits per heavy atom. The molecule has 0 aliphatic carbocycles. The van der Waals surface area contributed by atoms with Gasteiger partial charge in [0.25, 0.3) is 0 Å². The molecule has 0 heterocycles. The van der Waals surface area contributed by atoms with Gasteiger partial charge in [0.1, 0.15) is 0 Å². The van der Waals surface area contributed by atoms with E-state index in [4.69, 9.17) is 23.2 Å². The lowest BCUT2D eigenvalue weighted by Gasteiger charge is -2.11. The highest BCUT2D eigenvalue weighted by Crippen LogP contribution is 2.37. The van der Waals surface area contributed by atoms with Crippen LogP contribution in [0.4, 0.5) is 13.2 Å². The van der Waals surface area contributed by atoms with E-state index in [9.17, 15) is 13.2 Å². The van der Waals surface area contributed by atoms with E-state index in [2.05, 4.69) is 0 Å². The van der Waals surface area contributed by atoms with E-state index in [0.29, 0.717) is 19.7 Å². The zero-order valence-corrected chi connectivity index (χ0v) is 12.9. The summed E-state index contributed by atoms with van der Waals surface area (Å²) in [4.78, 5) is 0. The second kappa shape index (κ2) is 5.50. The summed E-state index contributed by atoms with van der Waals surface area (Å²) in [7, 11) is 0. The van der Waals surface area contributed by atoms with Gasteiger partial charge in [0.2, 0.25) is 0 Å². The maximum Gasteiger partial charge on any atom is 0.416 e. The molecule has 0 amide bonds. The fraction of sp³-hybridized carbons (Fsp3) is 0.0769. The van der Waals surface area contributed by atoms with Gasteiger partial charge in [-0.2, -0.15) is 13.2 Å². The first-order valence-corrected chi connectivity index (χ1v) is 6.94. The number of hydrogen-bond donors (Lipinski definition) is 0. The van der Waals surface area contributed by atoms with Crippen molar-refractivity contribution in [3.63, 3.8) is 0 Å². The summed E-state index contributed by atoms with van der Waals surface area (Å²) in [6.07, 6.45) is -4.39. The summed E-state index contributed by atoms with van der Waals surface area (Å²) in [5.41, 5.74) is 0.176. The minimum absolute atomic E-state index is 0.249. The predicted octanol–water partition coefficient (Wildman–Crippen LogP) is 6.28. The molecule has 0 saturated heterocycles. The van der Waals surface area contributed by atoms with Crippen LogP contribution in [0, 0.1) is 3.57 Å². The topological polar surface area (TPSA) is 0 Å². The van der Waals surface area contributed by atoms with Crippen LogP contribution in [0.2, 0.25) is 10.0 Å². The first-order chi connectivity index (χ1) is 8.79. The lowest BCUT2D eigenvalue weighted by molar-refractivity contribution is -0.137. The Morgan fingerprint density at radius 2 is 1.68 bits per heavy atom. The number of benzene rings is 2. The monoisotopic (exact) mass is 416 g/mol. The molecule has 2 rings (SSSR count). The molecule has 100 valence electrons. The molecule has 0 bridgehead atoms. The quantitative estimate of drug-likeness (QED) is 0.479. The van der Waals surface area contributed by atoms with Gasteiger partial charge in [0.15, 0.2) is 0 Å². The predicted molar refractivity (Wildman–Crippen MR) is 79.6 cm³/mol. The van der Waals surface area contributed by atoms with Crippen molar-refractivity contribution in [2.45, 2.75) is 6.18 Å². The minimum atomic E-state index is -4.39. The van der Waals surface area contributed by atoms with Crippen molar-refractivity contribution in [3.05, 3.63) is 55.6 Å². The summed E-state index contributed by atoms with van der Waals surface area (Å²) in [6, 6.07) is 8.66. The largest absolute Gasteiger partial charge is 0.416 e. The Bertz CT molecular complexity index is 624. The third kappa shape index (κ3) is 3.35. The Morgan fingerprint density at radius 1 is 1.00 bits per heavy atom. The van der Waals surface area contributed by atoms with Crippen LogP contribution in [0.5, 0.6) is 0 Å². The highest BCUT2D eigenvalue weighted by Gasteiger charge is 2.31. The van der Waals surface area contributed by atoms with Crippen LogP contribution in [0.15, 0.2) is 36.4 Å². The molecule has 0 aliphatic heterocycles. The van der Waals surface area contributed by atoms with Crippen molar-refractivity contribution in [2.24, 2.45) is 0 Å². The SMILES string of the molecule is FC(F)(F)c1cc(I)cc(-c2cccc(Cl)c2Cl)c1. The third-order valence-corrected chi connectivity index (χ3v) is 3.93. The van der Waals surface area contributed by atoms with Crippen LogP contribution in [0.25, 0.3) is 11.1 Å². The van der Waals surface area contributed by atoms with E-state index in [1.54, 1.807) is 24.3 Å². The van der Waals surface area contributed by atoms with E-state index in [-0.39, 0.29) is 5.02 Å². The molecular weight excluding hydrogens is 411 g/mol. The molecule has 0 N–H and O–H groups in total. The maximum absolute atomic E-state index is 12.8. The van der Waals surface area contributed by atoms with Gasteiger partial charge in [-0.1, -0.05) is 35.3 Å². The Balaban J connectivity index is 2.63. The number of rotatable bonds is 1. The molecule has 0 atom stereocenters. The molecule has 0 radical (unpaired) electrons. The second-order valence-corrected chi connectivity index (χ2v) is 5.86. The summed E-state index contributed by atoms with van der Waals surface area (Å²) in [5, 5.41) is 0.561. The van der Waals surface area contributed by atoms with Crippen LogP contribution in [0.1, 0.15) is 5.56 Å². The van der Waals surface area contributed by atoms with Gasteiger partial charge in [0, 0.05) is 9.13 Å². The van der Waals surface area contributed by atoms with Crippen LogP contribution < -0.4 is 0 Å². The standard InChI is InChI=1S/C13H6Cl2F3I/c14-11-3-1-2-10(12(11)15)7-4-8(13(16,17)18)6-9(19)5-7/h1-6H. The van der Waals surface area contributed by atoms with Crippen LogP contribution >= 0.6 is 45.8 Å². The fourth-order valence-electron chi connectivity index (χ4n) is 1.64. The average Bonchev–Trinajstić information content (AvgIpc) is 2.31. The third-order valence-electron chi connectivity index (χ3n) is 2.49. The van der Waals surface area contributed by atoms with Crippen molar-refractivity contribution in [3.8, 4) is 11.1 Å². The molecule has 0 aromatic heterocycles. The maximum atomic E-state index is 12.8. The van der Waals surface area contributed by atoms with Crippen molar-refractivity contribution < 1.29 is 13.2 Å². The smallest absolute Gasteiger partial charge is 0.166 e. The van der Waals surface area contributed by atoms with Gasteiger partial charge in [-0.05, 0) is 52.4 Å². The van der Waals surface area contributed by atoms with Gasteiger partial charge < -0.3 is 0 Å². The Hall–Kier alpha value is -0.460. The second-order valence-electron chi connectivity index (χ2n) is 3.83. The molecule has 2 aromatic rings. The number of alkyl halides is 3. The van der Waals surface area contributed by atoms with Gasteiger partial charge in [-0.15, -0.1) is 0 Å². The van der Waals surface area contributed by atoms with Crippen molar-refractivity contribution in [1.82, 2.24) is 0 Å². The zero-order chi connectivity index (χ0) is 14.2. The number of halogens is 6. The van der Waals surface area contributed by atoms with Gasteiger partial charge in [0.05, 0.1) is 15.6 Å². The molecule has 2 aromatic carbocycles. The summed E-state index contributed by atoms with van der Waals surface area (Å²) < 4.78 is 38.8. The first kappa shape index (κ1) is 14.9. The molecule has 19 heavy (non-hydrogen) atoms. The lowest BCUT2D eigenvalue weighted by atomic mass is 10.0. The highest BCUT2D eigenvalue weighted by molar-refractivity contribution is 14.1.